The van der Waals surface area contributed by atoms with Crippen LogP contribution in [0, 0.1) is 48.5 Å². The molecule has 1 heteroatoms. The number of rotatable bonds is 6. The van der Waals surface area contributed by atoms with Crippen molar-refractivity contribution in [2.24, 2.45) is 0 Å². The molecule has 0 saturated heterocycles. The first-order valence-corrected chi connectivity index (χ1v) is 13.4. The molecule has 3 aromatic rings. The van der Waals surface area contributed by atoms with Crippen molar-refractivity contribution in [2.75, 3.05) is 0 Å². The molecule has 3 aromatic carbocycles. The summed E-state index contributed by atoms with van der Waals surface area (Å²) in [5.41, 5.74) is 17.1. The SMILES string of the molecule is Cc1ccc(CSc2c(C(C)C)cc(C)c(C)c2-c2c(C)c(C)cc(C(C)C)c2C)c(C)c1. The number of hydrogen-bond acceptors (Lipinski definition) is 1. The third-order valence-corrected chi connectivity index (χ3v) is 8.52. The second-order valence-corrected chi connectivity index (χ2v) is 11.5. The standard InChI is InChI=1S/C32H42S/c1-18(2)28-15-21(6)24(9)30(26(28)11)31-25(10)22(7)16-29(19(3)4)32(31)33-17-27-13-12-20(5)14-23(27)8/h12-16,18-19H,17H2,1-11H3. The molecule has 0 heterocycles. The van der Waals surface area contributed by atoms with Crippen LogP contribution in [0.2, 0.25) is 0 Å². The summed E-state index contributed by atoms with van der Waals surface area (Å²) in [5.74, 6) is 2.01. The van der Waals surface area contributed by atoms with Gasteiger partial charge in [0.25, 0.3) is 0 Å². The molecule has 0 aromatic heterocycles. The van der Waals surface area contributed by atoms with Gasteiger partial charge >= 0.3 is 0 Å². The van der Waals surface area contributed by atoms with Crippen LogP contribution in [0.5, 0.6) is 0 Å². The van der Waals surface area contributed by atoms with E-state index >= 15 is 0 Å². The predicted octanol–water partition coefficient (Wildman–Crippen LogP) is 10.1. The molecule has 0 N–H and O–H groups in total. The van der Waals surface area contributed by atoms with Crippen molar-refractivity contribution in [2.45, 2.75) is 98.6 Å². The molecule has 0 spiro atoms. The number of aryl methyl sites for hydroxylation is 4. The van der Waals surface area contributed by atoms with Gasteiger partial charge in [-0.3, -0.25) is 0 Å². The van der Waals surface area contributed by atoms with Gasteiger partial charge in [0.2, 0.25) is 0 Å². The van der Waals surface area contributed by atoms with E-state index in [1.54, 1.807) is 0 Å². The number of benzene rings is 3. The largest absolute Gasteiger partial charge is 0.120 e. The molecule has 33 heavy (non-hydrogen) atoms. The van der Waals surface area contributed by atoms with Gasteiger partial charge in [-0.15, -0.1) is 11.8 Å². The third kappa shape index (κ3) is 5.09. The molecular weight excluding hydrogens is 416 g/mol. The Balaban J connectivity index is 2.30. The van der Waals surface area contributed by atoms with Crippen molar-refractivity contribution in [1.82, 2.24) is 0 Å². The molecule has 3 rings (SSSR count). The lowest BCUT2D eigenvalue weighted by molar-refractivity contribution is 0.837. The van der Waals surface area contributed by atoms with Crippen molar-refractivity contribution in [3.8, 4) is 11.1 Å². The molecule has 0 unspecified atom stereocenters. The van der Waals surface area contributed by atoms with E-state index in [1.807, 2.05) is 11.8 Å². The molecule has 0 radical (unpaired) electrons. The maximum atomic E-state index is 2.44. The van der Waals surface area contributed by atoms with Crippen LogP contribution >= 0.6 is 11.8 Å². The summed E-state index contributed by atoms with van der Waals surface area (Å²) < 4.78 is 0. The highest BCUT2D eigenvalue weighted by Crippen LogP contribution is 2.46. The van der Waals surface area contributed by atoms with Gasteiger partial charge in [0.05, 0.1) is 0 Å². The summed E-state index contributed by atoms with van der Waals surface area (Å²) in [6, 6.07) is 11.7. The highest BCUT2D eigenvalue weighted by Gasteiger charge is 2.23. The van der Waals surface area contributed by atoms with E-state index in [1.165, 1.54) is 71.7 Å². The molecule has 176 valence electrons. The van der Waals surface area contributed by atoms with Crippen LogP contribution in [0.25, 0.3) is 11.1 Å². The first kappa shape index (κ1) is 25.6. The molecule has 0 aliphatic heterocycles. The zero-order valence-corrected chi connectivity index (χ0v) is 23.5. The molecule has 0 amide bonds. The second-order valence-electron chi connectivity index (χ2n) is 10.5. The molecular formula is C32H42S. The molecule has 0 aliphatic carbocycles. The average molecular weight is 459 g/mol. The summed E-state index contributed by atoms with van der Waals surface area (Å²) in [7, 11) is 0. The first-order valence-electron chi connectivity index (χ1n) is 12.4. The second kappa shape index (κ2) is 10.1. The monoisotopic (exact) mass is 458 g/mol. The Kier molecular flexibility index (Phi) is 7.84. The van der Waals surface area contributed by atoms with E-state index in [0.29, 0.717) is 11.8 Å². The number of thioether (sulfide) groups is 1. The Labute approximate surface area is 207 Å². The summed E-state index contributed by atoms with van der Waals surface area (Å²) in [5, 5.41) is 0. The first-order chi connectivity index (χ1) is 15.4. The highest BCUT2D eigenvalue weighted by atomic mass is 32.2. The van der Waals surface area contributed by atoms with E-state index in [-0.39, 0.29) is 0 Å². The lowest BCUT2D eigenvalue weighted by Gasteiger charge is -2.26. The Morgan fingerprint density at radius 1 is 0.606 bits per heavy atom. The molecule has 0 bridgehead atoms. The van der Waals surface area contributed by atoms with E-state index in [9.17, 15) is 0 Å². The average Bonchev–Trinajstić information content (AvgIpc) is 2.73. The van der Waals surface area contributed by atoms with E-state index in [2.05, 4.69) is 106 Å². The van der Waals surface area contributed by atoms with Crippen LogP contribution in [-0.2, 0) is 5.75 Å². The van der Waals surface area contributed by atoms with Crippen molar-refractivity contribution in [3.05, 3.63) is 86.0 Å². The van der Waals surface area contributed by atoms with Gasteiger partial charge in [-0.25, -0.2) is 0 Å². The topological polar surface area (TPSA) is 0 Å². The summed E-state index contributed by atoms with van der Waals surface area (Å²) >= 11 is 2.03. The molecule has 0 nitrogen and oxygen atoms in total. The van der Waals surface area contributed by atoms with Crippen molar-refractivity contribution in [3.63, 3.8) is 0 Å². The molecule has 0 saturated carbocycles. The van der Waals surface area contributed by atoms with Gasteiger partial charge in [-0.2, -0.15) is 0 Å². The van der Waals surface area contributed by atoms with Gasteiger partial charge in [0.1, 0.15) is 0 Å². The zero-order valence-electron chi connectivity index (χ0n) is 22.7. The van der Waals surface area contributed by atoms with E-state index in [4.69, 9.17) is 0 Å². The quantitative estimate of drug-likeness (QED) is 0.331. The van der Waals surface area contributed by atoms with Crippen LogP contribution in [-0.4, -0.2) is 0 Å². The highest BCUT2D eigenvalue weighted by molar-refractivity contribution is 7.98. The minimum absolute atomic E-state index is 0.486. The lowest BCUT2D eigenvalue weighted by atomic mass is 9.82. The smallest absolute Gasteiger partial charge is 0.0234 e. The van der Waals surface area contributed by atoms with Crippen molar-refractivity contribution >= 4 is 11.8 Å². The van der Waals surface area contributed by atoms with Crippen LogP contribution in [0.1, 0.15) is 95.2 Å². The Morgan fingerprint density at radius 2 is 1.15 bits per heavy atom. The fourth-order valence-electron chi connectivity index (χ4n) is 5.01. The van der Waals surface area contributed by atoms with E-state index in [0.717, 1.165) is 5.75 Å². The summed E-state index contributed by atoms with van der Waals surface area (Å²) in [6.45, 7) is 25.3. The Morgan fingerprint density at radius 3 is 1.70 bits per heavy atom. The van der Waals surface area contributed by atoms with Gasteiger partial charge in [0, 0.05) is 10.6 Å². The molecule has 0 aliphatic rings. The fraction of sp³-hybridized carbons (Fsp3) is 0.438. The van der Waals surface area contributed by atoms with E-state index < -0.39 is 0 Å². The molecule has 0 atom stereocenters. The minimum atomic E-state index is 0.486. The van der Waals surface area contributed by atoms with Crippen molar-refractivity contribution in [1.29, 1.82) is 0 Å². The number of hydrogen-bond donors (Lipinski definition) is 0. The van der Waals surface area contributed by atoms with Gasteiger partial charge in [0.15, 0.2) is 0 Å². The van der Waals surface area contributed by atoms with Gasteiger partial charge < -0.3 is 0 Å². The van der Waals surface area contributed by atoms with Gasteiger partial charge in [-0.1, -0.05) is 63.6 Å². The fourth-order valence-corrected chi connectivity index (χ4v) is 6.49. The van der Waals surface area contributed by atoms with Crippen LogP contribution in [0.4, 0.5) is 0 Å². The third-order valence-electron chi connectivity index (χ3n) is 7.34. The van der Waals surface area contributed by atoms with Crippen molar-refractivity contribution < 1.29 is 0 Å². The molecule has 0 fully saturated rings. The maximum Gasteiger partial charge on any atom is 0.0234 e. The lowest BCUT2D eigenvalue weighted by Crippen LogP contribution is -2.05. The normalized spacial score (nSPS) is 11.7. The summed E-state index contributed by atoms with van der Waals surface area (Å²) in [6.07, 6.45) is 0. The van der Waals surface area contributed by atoms with Gasteiger partial charge in [-0.05, 0) is 121 Å². The summed E-state index contributed by atoms with van der Waals surface area (Å²) in [4.78, 5) is 1.47. The minimum Gasteiger partial charge on any atom is -0.120 e. The zero-order chi connectivity index (χ0) is 24.6. The Hall–Kier alpha value is -1.99. The van der Waals surface area contributed by atoms with Crippen LogP contribution < -0.4 is 0 Å². The predicted molar refractivity (Wildman–Crippen MR) is 149 cm³/mol. The maximum absolute atomic E-state index is 2.44. The Bertz CT molecular complexity index is 1180. The van der Waals surface area contributed by atoms with Crippen LogP contribution in [0.3, 0.4) is 0 Å². The van der Waals surface area contributed by atoms with Crippen LogP contribution in [0.15, 0.2) is 35.2 Å².